The van der Waals surface area contributed by atoms with Crippen molar-refractivity contribution in [3.05, 3.63) is 30.0 Å². The first-order valence-electron chi connectivity index (χ1n) is 5.56. The van der Waals surface area contributed by atoms with Crippen LogP contribution < -0.4 is 0 Å². The number of hydrogen-bond donors (Lipinski definition) is 1. The number of rotatable bonds is 2. The van der Waals surface area contributed by atoms with Crippen LogP contribution in [0, 0.1) is 5.41 Å². The topological polar surface area (TPSA) is 55.1 Å². The van der Waals surface area contributed by atoms with Crippen molar-refractivity contribution < 1.29 is 9.90 Å². The smallest absolute Gasteiger partial charge is 0.336 e. The van der Waals surface area contributed by atoms with E-state index in [1.165, 1.54) is 0 Å². The summed E-state index contributed by atoms with van der Waals surface area (Å²) in [6.07, 6.45) is 1.63. The van der Waals surface area contributed by atoms with Crippen molar-refractivity contribution in [3.8, 4) is 0 Å². The standard InChI is InChI=1S/C13H16N2O2/c1-13(2,3)8-15-11-6-4-5-9(12(16)17)10(11)7-14-15/h4-7H,8H2,1-3H3,(H,16,17). The highest BCUT2D eigenvalue weighted by molar-refractivity contribution is 6.02. The van der Waals surface area contributed by atoms with Gasteiger partial charge >= 0.3 is 5.97 Å². The number of hydrogen-bond acceptors (Lipinski definition) is 2. The van der Waals surface area contributed by atoms with Crippen LogP contribution in [0.2, 0.25) is 0 Å². The van der Waals surface area contributed by atoms with Gasteiger partial charge < -0.3 is 5.11 Å². The van der Waals surface area contributed by atoms with E-state index in [-0.39, 0.29) is 5.41 Å². The van der Waals surface area contributed by atoms with Crippen LogP contribution in [-0.2, 0) is 6.54 Å². The van der Waals surface area contributed by atoms with E-state index in [9.17, 15) is 4.79 Å². The Labute approximate surface area is 99.9 Å². The number of aromatic nitrogens is 2. The van der Waals surface area contributed by atoms with Crippen LogP contribution in [0.15, 0.2) is 24.4 Å². The van der Waals surface area contributed by atoms with E-state index in [1.54, 1.807) is 18.3 Å². The minimum absolute atomic E-state index is 0.109. The lowest BCUT2D eigenvalue weighted by molar-refractivity contribution is 0.0699. The molecule has 90 valence electrons. The summed E-state index contributed by atoms with van der Waals surface area (Å²) >= 11 is 0. The first-order chi connectivity index (χ1) is 7.88. The second-order valence-corrected chi connectivity index (χ2v) is 5.41. The third-order valence-corrected chi connectivity index (χ3v) is 2.54. The molecule has 0 unspecified atom stereocenters. The molecule has 1 heterocycles. The molecule has 4 heteroatoms. The van der Waals surface area contributed by atoms with E-state index < -0.39 is 5.97 Å². The molecule has 4 nitrogen and oxygen atoms in total. The monoisotopic (exact) mass is 232 g/mol. The Balaban J connectivity index is 2.55. The van der Waals surface area contributed by atoms with Gasteiger partial charge in [0.25, 0.3) is 0 Å². The van der Waals surface area contributed by atoms with Gasteiger partial charge in [-0.05, 0) is 17.5 Å². The van der Waals surface area contributed by atoms with Crippen molar-refractivity contribution in [2.75, 3.05) is 0 Å². The van der Waals surface area contributed by atoms with Gasteiger partial charge in [-0.1, -0.05) is 26.8 Å². The third-order valence-electron chi connectivity index (χ3n) is 2.54. The second kappa shape index (κ2) is 3.87. The summed E-state index contributed by atoms with van der Waals surface area (Å²) < 4.78 is 1.86. The Morgan fingerprint density at radius 3 is 2.71 bits per heavy atom. The molecule has 2 rings (SSSR count). The first-order valence-corrected chi connectivity index (χ1v) is 5.56. The summed E-state index contributed by atoms with van der Waals surface area (Å²) in [4.78, 5) is 11.1. The van der Waals surface area contributed by atoms with Crippen molar-refractivity contribution in [2.45, 2.75) is 27.3 Å². The minimum Gasteiger partial charge on any atom is -0.478 e. The van der Waals surface area contributed by atoms with Gasteiger partial charge in [0.1, 0.15) is 0 Å². The molecule has 0 aliphatic carbocycles. The van der Waals surface area contributed by atoms with Gasteiger partial charge in [-0.15, -0.1) is 0 Å². The summed E-state index contributed by atoms with van der Waals surface area (Å²) in [7, 11) is 0. The molecular weight excluding hydrogens is 216 g/mol. The van der Waals surface area contributed by atoms with E-state index in [4.69, 9.17) is 5.11 Å². The summed E-state index contributed by atoms with van der Waals surface area (Å²) in [6, 6.07) is 5.26. The Morgan fingerprint density at radius 2 is 2.12 bits per heavy atom. The zero-order chi connectivity index (χ0) is 12.6. The van der Waals surface area contributed by atoms with Gasteiger partial charge in [0, 0.05) is 11.9 Å². The normalized spacial score (nSPS) is 11.9. The fraction of sp³-hybridized carbons (Fsp3) is 0.385. The number of carboxylic acids is 1. The van der Waals surface area contributed by atoms with Gasteiger partial charge in [-0.3, -0.25) is 4.68 Å². The zero-order valence-corrected chi connectivity index (χ0v) is 10.3. The summed E-state index contributed by atoms with van der Waals surface area (Å²) in [5, 5.41) is 14.1. The van der Waals surface area contributed by atoms with E-state index in [1.807, 2.05) is 10.7 Å². The number of nitrogens with zero attached hydrogens (tertiary/aromatic N) is 2. The van der Waals surface area contributed by atoms with Crippen molar-refractivity contribution in [3.63, 3.8) is 0 Å². The number of carboxylic acid groups (broad SMARTS) is 1. The molecule has 1 aromatic carbocycles. The Bertz CT molecular complexity index is 564. The van der Waals surface area contributed by atoms with Crippen LogP contribution in [0.5, 0.6) is 0 Å². The highest BCUT2D eigenvalue weighted by Gasteiger charge is 2.16. The average molecular weight is 232 g/mol. The molecule has 17 heavy (non-hydrogen) atoms. The third kappa shape index (κ3) is 2.30. The van der Waals surface area contributed by atoms with Crippen LogP contribution in [0.3, 0.4) is 0 Å². The van der Waals surface area contributed by atoms with Crippen molar-refractivity contribution >= 4 is 16.9 Å². The SMILES string of the molecule is CC(C)(C)Cn1ncc2c(C(=O)O)cccc21. The quantitative estimate of drug-likeness (QED) is 0.866. The largest absolute Gasteiger partial charge is 0.478 e. The molecule has 0 aliphatic rings. The Morgan fingerprint density at radius 1 is 1.41 bits per heavy atom. The Hall–Kier alpha value is -1.84. The maximum absolute atomic E-state index is 11.1. The zero-order valence-electron chi connectivity index (χ0n) is 10.3. The summed E-state index contributed by atoms with van der Waals surface area (Å²) in [5.41, 5.74) is 1.29. The first kappa shape index (κ1) is 11.6. The summed E-state index contributed by atoms with van der Waals surface area (Å²) in [6.45, 7) is 7.14. The van der Waals surface area contributed by atoms with Gasteiger partial charge in [0.05, 0.1) is 17.3 Å². The van der Waals surface area contributed by atoms with E-state index >= 15 is 0 Å². The molecule has 1 N–H and O–H groups in total. The van der Waals surface area contributed by atoms with Crippen LogP contribution in [-0.4, -0.2) is 20.9 Å². The average Bonchev–Trinajstić information content (AvgIpc) is 2.59. The molecule has 0 atom stereocenters. The molecule has 1 aromatic heterocycles. The van der Waals surface area contributed by atoms with E-state index in [2.05, 4.69) is 25.9 Å². The summed E-state index contributed by atoms with van der Waals surface area (Å²) in [5.74, 6) is -0.911. The lowest BCUT2D eigenvalue weighted by Crippen LogP contribution is -2.16. The predicted octanol–water partition coefficient (Wildman–Crippen LogP) is 2.78. The van der Waals surface area contributed by atoms with Gasteiger partial charge in [0.15, 0.2) is 0 Å². The molecule has 0 saturated heterocycles. The maximum Gasteiger partial charge on any atom is 0.336 e. The molecule has 0 fully saturated rings. The van der Waals surface area contributed by atoms with E-state index in [0.717, 1.165) is 12.1 Å². The number of benzene rings is 1. The fourth-order valence-corrected chi connectivity index (χ4v) is 1.87. The number of carbonyl (C=O) groups is 1. The second-order valence-electron chi connectivity index (χ2n) is 5.41. The molecule has 0 radical (unpaired) electrons. The van der Waals surface area contributed by atoms with Crippen LogP contribution >= 0.6 is 0 Å². The van der Waals surface area contributed by atoms with Crippen molar-refractivity contribution in [1.29, 1.82) is 0 Å². The number of aromatic carboxylic acids is 1. The molecule has 2 aromatic rings. The molecular formula is C13H16N2O2. The molecule has 0 bridgehead atoms. The molecule has 0 aliphatic heterocycles. The highest BCUT2D eigenvalue weighted by Crippen LogP contribution is 2.22. The fourth-order valence-electron chi connectivity index (χ4n) is 1.87. The molecule has 0 saturated carbocycles. The molecule has 0 amide bonds. The van der Waals surface area contributed by atoms with Crippen LogP contribution in [0.25, 0.3) is 10.9 Å². The van der Waals surface area contributed by atoms with Crippen molar-refractivity contribution in [1.82, 2.24) is 9.78 Å². The van der Waals surface area contributed by atoms with Gasteiger partial charge in [-0.25, -0.2) is 4.79 Å². The maximum atomic E-state index is 11.1. The van der Waals surface area contributed by atoms with Gasteiger partial charge in [0.2, 0.25) is 0 Å². The lowest BCUT2D eigenvalue weighted by Gasteiger charge is -2.18. The highest BCUT2D eigenvalue weighted by atomic mass is 16.4. The Kier molecular flexibility index (Phi) is 2.65. The number of fused-ring (bicyclic) bond motifs is 1. The minimum atomic E-state index is -0.911. The predicted molar refractivity (Wildman–Crippen MR) is 66.1 cm³/mol. The van der Waals surface area contributed by atoms with Gasteiger partial charge in [-0.2, -0.15) is 5.10 Å². The van der Waals surface area contributed by atoms with Crippen molar-refractivity contribution in [2.24, 2.45) is 5.41 Å². The van der Waals surface area contributed by atoms with Crippen LogP contribution in [0.4, 0.5) is 0 Å². The van der Waals surface area contributed by atoms with E-state index in [0.29, 0.717) is 10.9 Å². The molecule has 0 spiro atoms. The van der Waals surface area contributed by atoms with Crippen LogP contribution in [0.1, 0.15) is 31.1 Å². The lowest BCUT2D eigenvalue weighted by atomic mass is 9.97.